The van der Waals surface area contributed by atoms with E-state index in [1.54, 1.807) is 6.92 Å². The van der Waals surface area contributed by atoms with Crippen molar-refractivity contribution in [1.29, 1.82) is 0 Å². The van der Waals surface area contributed by atoms with E-state index in [0.29, 0.717) is 6.54 Å². The van der Waals surface area contributed by atoms with E-state index in [1.165, 1.54) is 14.2 Å². The number of carbonyl (C=O) groups excluding carboxylic acids is 2. The Hall–Kier alpha value is -1.88. The molecule has 0 aromatic heterocycles. The molecule has 0 radical (unpaired) electrons. The molecule has 0 fully saturated rings. The average molecular weight is 265 g/mol. The molecule has 0 bridgehead atoms. The van der Waals surface area contributed by atoms with Gasteiger partial charge < -0.3 is 14.8 Å². The molecule has 0 aliphatic carbocycles. The van der Waals surface area contributed by atoms with Crippen molar-refractivity contribution in [3.05, 3.63) is 35.4 Å². The number of carbonyl (C=O) groups is 2. The van der Waals surface area contributed by atoms with Crippen LogP contribution < -0.4 is 5.32 Å². The van der Waals surface area contributed by atoms with Crippen molar-refractivity contribution in [3.63, 3.8) is 0 Å². The van der Waals surface area contributed by atoms with Gasteiger partial charge in [-0.15, -0.1) is 0 Å². The van der Waals surface area contributed by atoms with Crippen molar-refractivity contribution in [1.82, 2.24) is 5.32 Å². The van der Waals surface area contributed by atoms with Gasteiger partial charge in [-0.2, -0.15) is 0 Å². The van der Waals surface area contributed by atoms with E-state index in [-0.39, 0.29) is 18.4 Å². The monoisotopic (exact) mass is 265 g/mol. The number of nitrogens with one attached hydrogen (secondary N) is 1. The standard InChI is InChI=1S/C14H19NO4/c1-10(14(17)19-3)15-9-12-7-5-4-6-11(12)8-13(16)18-2/h4-7,10,15H,8-9H2,1-3H3. The molecule has 1 aromatic carbocycles. The van der Waals surface area contributed by atoms with Crippen LogP contribution in [0.2, 0.25) is 0 Å². The summed E-state index contributed by atoms with van der Waals surface area (Å²) < 4.78 is 9.29. The minimum atomic E-state index is -0.392. The molecular weight excluding hydrogens is 246 g/mol. The van der Waals surface area contributed by atoms with Crippen molar-refractivity contribution >= 4 is 11.9 Å². The lowest BCUT2D eigenvalue weighted by molar-refractivity contribution is -0.143. The fourth-order valence-electron chi connectivity index (χ4n) is 1.65. The molecule has 0 aliphatic heterocycles. The van der Waals surface area contributed by atoms with E-state index < -0.39 is 6.04 Å². The SMILES string of the molecule is COC(=O)Cc1ccccc1CNC(C)C(=O)OC. The molecule has 5 heteroatoms. The number of esters is 2. The molecule has 104 valence electrons. The van der Waals surface area contributed by atoms with Crippen LogP contribution in [0.15, 0.2) is 24.3 Å². The van der Waals surface area contributed by atoms with Gasteiger partial charge in [-0.05, 0) is 18.1 Å². The van der Waals surface area contributed by atoms with E-state index in [1.807, 2.05) is 24.3 Å². The lowest BCUT2D eigenvalue weighted by atomic mass is 10.0. The maximum atomic E-state index is 11.3. The minimum absolute atomic E-state index is 0.223. The molecule has 1 aromatic rings. The van der Waals surface area contributed by atoms with E-state index in [4.69, 9.17) is 0 Å². The second kappa shape index (κ2) is 7.53. The quantitative estimate of drug-likeness (QED) is 0.779. The maximum Gasteiger partial charge on any atom is 0.322 e. The van der Waals surface area contributed by atoms with E-state index in [0.717, 1.165) is 11.1 Å². The number of hydrogen-bond acceptors (Lipinski definition) is 5. The molecule has 5 nitrogen and oxygen atoms in total. The first-order valence-electron chi connectivity index (χ1n) is 6.03. The van der Waals surface area contributed by atoms with Gasteiger partial charge in [-0.3, -0.25) is 9.59 Å². The van der Waals surface area contributed by atoms with Gasteiger partial charge in [0, 0.05) is 6.54 Å². The summed E-state index contributed by atoms with van der Waals surface area (Å²) in [6.45, 7) is 2.22. The Morgan fingerprint density at radius 3 is 2.37 bits per heavy atom. The Kier molecular flexibility index (Phi) is 6.02. The van der Waals surface area contributed by atoms with Crippen molar-refractivity contribution < 1.29 is 19.1 Å². The van der Waals surface area contributed by atoms with Gasteiger partial charge in [-0.1, -0.05) is 24.3 Å². The highest BCUT2D eigenvalue weighted by atomic mass is 16.5. The fourth-order valence-corrected chi connectivity index (χ4v) is 1.65. The molecule has 0 saturated heterocycles. The first-order chi connectivity index (χ1) is 9.08. The molecule has 1 rings (SSSR count). The molecule has 0 amide bonds. The zero-order chi connectivity index (χ0) is 14.3. The van der Waals surface area contributed by atoms with Gasteiger partial charge in [0.25, 0.3) is 0 Å². The van der Waals surface area contributed by atoms with Crippen molar-refractivity contribution in [2.45, 2.75) is 25.9 Å². The minimum Gasteiger partial charge on any atom is -0.469 e. The van der Waals surface area contributed by atoms with Crippen molar-refractivity contribution in [2.24, 2.45) is 0 Å². The Balaban J connectivity index is 2.67. The molecule has 0 heterocycles. The first kappa shape index (κ1) is 15.2. The molecular formula is C14H19NO4. The Morgan fingerprint density at radius 2 is 1.79 bits per heavy atom. The summed E-state index contributed by atoms with van der Waals surface area (Å²) in [6.07, 6.45) is 0.223. The Labute approximate surface area is 112 Å². The summed E-state index contributed by atoms with van der Waals surface area (Å²) in [7, 11) is 2.72. The smallest absolute Gasteiger partial charge is 0.322 e. The highest BCUT2D eigenvalue weighted by molar-refractivity contribution is 5.75. The molecule has 1 unspecified atom stereocenters. The molecule has 0 saturated carbocycles. The summed E-state index contributed by atoms with van der Waals surface area (Å²) in [5.41, 5.74) is 1.85. The average Bonchev–Trinajstić information content (AvgIpc) is 2.44. The van der Waals surface area contributed by atoms with Gasteiger partial charge in [0.2, 0.25) is 0 Å². The zero-order valence-electron chi connectivity index (χ0n) is 11.4. The van der Waals surface area contributed by atoms with Crippen LogP contribution in [0.3, 0.4) is 0 Å². The summed E-state index contributed by atoms with van der Waals surface area (Å²) in [5.74, 6) is -0.598. The molecule has 0 spiro atoms. The number of ether oxygens (including phenoxy) is 2. The predicted molar refractivity (Wildman–Crippen MR) is 70.5 cm³/mol. The fraction of sp³-hybridized carbons (Fsp3) is 0.429. The van der Waals surface area contributed by atoms with Gasteiger partial charge in [0.1, 0.15) is 6.04 Å². The second-order valence-corrected chi connectivity index (χ2v) is 4.15. The number of benzene rings is 1. The Morgan fingerprint density at radius 1 is 1.16 bits per heavy atom. The third kappa shape index (κ3) is 4.71. The summed E-state index contributed by atoms with van der Waals surface area (Å²) in [5, 5.41) is 3.05. The van der Waals surface area contributed by atoms with Gasteiger partial charge in [0.15, 0.2) is 0 Å². The van der Waals surface area contributed by atoms with Gasteiger partial charge >= 0.3 is 11.9 Å². The zero-order valence-corrected chi connectivity index (χ0v) is 11.4. The summed E-state index contributed by atoms with van der Waals surface area (Å²) >= 11 is 0. The Bertz CT molecular complexity index is 445. The van der Waals surface area contributed by atoms with Crippen LogP contribution in [-0.2, 0) is 32.0 Å². The largest absolute Gasteiger partial charge is 0.469 e. The summed E-state index contributed by atoms with van der Waals surface area (Å²) in [4.78, 5) is 22.6. The maximum absolute atomic E-state index is 11.3. The van der Waals surface area contributed by atoms with Crippen LogP contribution in [0.25, 0.3) is 0 Å². The van der Waals surface area contributed by atoms with Crippen LogP contribution >= 0.6 is 0 Å². The second-order valence-electron chi connectivity index (χ2n) is 4.15. The molecule has 1 atom stereocenters. The summed E-state index contributed by atoms with van der Waals surface area (Å²) in [6, 6.07) is 7.15. The normalized spacial score (nSPS) is 11.7. The van der Waals surface area contributed by atoms with Crippen LogP contribution in [0.4, 0.5) is 0 Å². The van der Waals surface area contributed by atoms with Gasteiger partial charge in [-0.25, -0.2) is 0 Å². The molecule has 19 heavy (non-hydrogen) atoms. The van der Waals surface area contributed by atoms with Crippen molar-refractivity contribution in [3.8, 4) is 0 Å². The van der Waals surface area contributed by atoms with Crippen LogP contribution in [-0.4, -0.2) is 32.2 Å². The number of hydrogen-bond donors (Lipinski definition) is 1. The molecule has 1 N–H and O–H groups in total. The van der Waals surface area contributed by atoms with E-state index >= 15 is 0 Å². The highest BCUT2D eigenvalue weighted by Gasteiger charge is 2.13. The van der Waals surface area contributed by atoms with Crippen molar-refractivity contribution in [2.75, 3.05) is 14.2 Å². The first-order valence-corrected chi connectivity index (χ1v) is 6.03. The number of rotatable bonds is 6. The van der Waals surface area contributed by atoms with Crippen LogP contribution in [0.5, 0.6) is 0 Å². The predicted octanol–water partition coefficient (Wildman–Crippen LogP) is 1.05. The lowest BCUT2D eigenvalue weighted by Gasteiger charge is -2.13. The highest BCUT2D eigenvalue weighted by Crippen LogP contribution is 2.10. The number of methoxy groups -OCH3 is 2. The third-order valence-corrected chi connectivity index (χ3v) is 2.83. The van der Waals surface area contributed by atoms with Gasteiger partial charge in [0.05, 0.1) is 20.6 Å². The van der Waals surface area contributed by atoms with E-state index in [9.17, 15) is 9.59 Å². The van der Waals surface area contributed by atoms with E-state index in [2.05, 4.69) is 14.8 Å². The van der Waals surface area contributed by atoms with Crippen LogP contribution in [0, 0.1) is 0 Å². The molecule has 0 aliphatic rings. The third-order valence-electron chi connectivity index (χ3n) is 2.83. The van der Waals surface area contributed by atoms with Crippen LogP contribution in [0.1, 0.15) is 18.1 Å². The lowest BCUT2D eigenvalue weighted by Crippen LogP contribution is -2.34. The topological polar surface area (TPSA) is 64.6 Å².